The smallest absolute Gasteiger partial charge is 0.248 e. The van der Waals surface area contributed by atoms with Gasteiger partial charge in [0.1, 0.15) is 17.1 Å². The van der Waals surface area contributed by atoms with Gasteiger partial charge >= 0.3 is 0 Å². The van der Waals surface area contributed by atoms with Gasteiger partial charge in [-0.25, -0.2) is 0 Å². The number of nitrogens with one attached hydrogen (secondary N) is 2. The standard InChI is InChI=1S/C31H36N2O7/c34-24-17-18-25(35)30(24)33-29(39)16-10-3-4-11-19-31(40)21-23(26(36)20-27(31)37)32-28(38)15-9-2-1-6-12-22-13-7-5-8-14-22/h1-4,6,9-12,15-16,19,21-22,27,34,37,40H,5,7-8,13-14,17-18,20H2,(H,32,38)(H,33,39)/b2-1+,4-3+,12-6+,15-9+,16-10+,19-11+/t27-,31+/m1/s1/i19+1. The maximum Gasteiger partial charge on any atom is 0.248 e. The van der Waals surface area contributed by atoms with E-state index >= 15 is 0 Å². The Morgan fingerprint density at radius 3 is 2.10 bits per heavy atom. The lowest BCUT2D eigenvalue weighted by Gasteiger charge is -2.31. The zero-order valence-corrected chi connectivity index (χ0v) is 22.3. The SMILES string of the molecule is O=C(/C=C/C=C/C=C/C1CCCCC1)NC1=C[C@@](O)(/[13CH]=C/C=C/C=C/C(=O)NC2=C(O)CCC2=O)[C@H](O)CC1=O. The Kier molecular flexibility index (Phi) is 11.4. The summed E-state index contributed by atoms with van der Waals surface area (Å²) in [4.78, 5) is 48.1. The Morgan fingerprint density at radius 2 is 1.45 bits per heavy atom. The number of amides is 2. The highest BCUT2D eigenvalue weighted by molar-refractivity contribution is 6.03. The van der Waals surface area contributed by atoms with Gasteiger partial charge in [0.25, 0.3) is 0 Å². The molecule has 0 heterocycles. The van der Waals surface area contributed by atoms with Crippen LogP contribution in [-0.4, -0.2) is 50.4 Å². The van der Waals surface area contributed by atoms with Crippen molar-refractivity contribution in [1.82, 2.24) is 10.6 Å². The summed E-state index contributed by atoms with van der Waals surface area (Å²) in [6.45, 7) is 0. The Labute approximate surface area is 233 Å². The Morgan fingerprint density at radius 1 is 0.825 bits per heavy atom. The summed E-state index contributed by atoms with van der Waals surface area (Å²) in [5, 5.41) is 35.5. The number of aliphatic hydroxyl groups excluding tert-OH is 2. The van der Waals surface area contributed by atoms with E-state index in [1.165, 1.54) is 68.6 Å². The highest BCUT2D eigenvalue weighted by Crippen LogP contribution is 2.26. The number of Topliss-reactive ketones (excluding diaryl/α,β-unsaturated/α-hetero) is 2. The van der Waals surface area contributed by atoms with Gasteiger partial charge in [0.05, 0.1) is 11.8 Å². The van der Waals surface area contributed by atoms with E-state index in [1.54, 1.807) is 12.2 Å². The number of aliphatic hydroxyl groups is 3. The molecule has 2 atom stereocenters. The van der Waals surface area contributed by atoms with E-state index in [2.05, 4.69) is 16.7 Å². The molecule has 0 radical (unpaired) electrons. The van der Waals surface area contributed by atoms with Gasteiger partial charge in [-0.3, -0.25) is 19.2 Å². The van der Waals surface area contributed by atoms with Gasteiger partial charge in [-0.05, 0) is 30.9 Å². The lowest BCUT2D eigenvalue weighted by atomic mass is 9.89. The number of allylic oxidation sites excluding steroid dienone is 12. The Bertz CT molecular complexity index is 1230. The molecule has 0 unspecified atom stereocenters. The third-order valence-corrected chi connectivity index (χ3v) is 6.81. The van der Waals surface area contributed by atoms with Crippen LogP contribution < -0.4 is 10.6 Å². The van der Waals surface area contributed by atoms with Crippen molar-refractivity contribution >= 4 is 23.4 Å². The largest absolute Gasteiger partial charge is 0.510 e. The second-order valence-electron chi connectivity index (χ2n) is 9.94. The number of rotatable bonds is 10. The van der Waals surface area contributed by atoms with E-state index in [-0.39, 0.29) is 42.2 Å². The van der Waals surface area contributed by atoms with Crippen LogP contribution in [-0.2, 0) is 19.2 Å². The Hall–Kier alpha value is -4.08. The predicted molar refractivity (Wildman–Crippen MR) is 150 cm³/mol. The zero-order valence-electron chi connectivity index (χ0n) is 22.3. The van der Waals surface area contributed by atoms with Gasteiger partial charge in [0, 0.05) is 31.4 Å². The second-order valence-corrected chi connectivity index (χ2v) is 9.94. The van der Waals surface area contributed by atoms with Crippen molar-refractivity contribution in [3.63, 3.8) is 0 Å². The molecule has 3 rings (SSSR count). The highest BCUT2D eigenvalue weighted by atomic mass is 16.3. The van der Waals surface area contributed by atoms with Crippen LogP contribution in [0.3, 0.4) is 0 Å². The summed E-state index contributed by atoms with van der Waals surface area (Å²) in [7, 11) is 0. The molecule has 5 N–H and O–H groups in total. The molecular weight excluding hydrogens is 513 g/mol. The van der Waals surface area contributed by atoms with Crippen LogP contribution in [0.1, 0.15) is 51.4 Å². The van der Waals surface area contributed by atoms with Gasteiger partial charge in [-0.1, -0.05) is 73.9 Å². The lowest BCUT2D eigenvalue weighted by molar-refractivity contribution is -0.124. The molecule has 9 heteroatoms. The average molecular weight is 550 g/mol. The van der Waals surface area contributed by atoms with E-state index in [1.807, 2.05) is 12.2 Å². The van der Waals surface area contributed by atoms with Crippen LogP contribution in [0.4, 0.5) is 0 Å². The first kappa shape index (κ1) is 30.5. The van der Waals surface area contributed by atoms with Crippen molar-refractivity contribution in [3.8, 4) is 0 Å². The molecule has 0 saturated heterocycles. The molecule has 3 aliphatic rings. The van der Waals surface area contributed by atoms with Crippen molar-refractivity contribution in [2.45, 2.75) is 63.1 Å². The number of hydrogen-bond acceptors (Lipinski definition) is 7. The molecule has 1 fully saturated rings. The molecule has 212 valence electrons. The van der Waals surface area contributed by atoms with Crippen molar-refractivity contribution < 1.29 is 34.5 Å². The maximum atomic E-state index is 12.3. The molecule has 0 aromatic heterocycles. The third-order valence-electron chi connectivity index (χ3n) is 6.81. The van der Waals surface area contributed by atoms with Crippen molar-refractivity contribution in [3.05, 3.63) is 96.1 Å². The molecule has 1 saturated carbocycles. The van der Waals surface area contributed by atoms with Gasteiger partial charge in [-0.15, -0.1) is 0 Å². The number of hydrogen-bond donors (Lipinski definition) is 5. The van der Waals surface area contributed by atoms with Crippen molar-refractivity contribution in [2.24, 2.45) is 5.92 Å². The first-order chi connectivity index (χ1) is 19.2. The second kappa shape index (κ2) is 14.9. The molecule has 0 aromatic rings. The van der Waals surface area contributed by atoms with Crippen LogP contribution in [0.25, 0.3) is 0 Å². The van der Waals surface area contributed by atoms with Crippen LogP contribution in [0.5, 0.6) is 0 Å². The monoisotopic (exact) mass is 549 g/mol. The van der Waals surface area contributed by atoms with Crippen LogP contribution >= 0.6 is 0 Å². The third kappa shape index (κ3) is 9.29. The lowest BCUT2D eigenvalue weighted by Crippen LogP contribution is -2.46. The van der Waals surface area contributed by atoms with Gasteiger partial charge in [0.2, 0.25) is 11.8 Å². The predicted octanol–water partition coefficient (Wildman–Crippen LogP) is 3.22. The Balaban J connectivity index is 1.51. The van der Waals surface area contributed by atoms with Crippen molar-refractivity contribution in [1.29, 1.82) is 0 Å². The van der Waals surface area contributed by atoms with Gasteiger partial charge in [0.15, 0.2) is 11.6 Å². The van der Waals surface area contributed by atoms with E-state index in [4.69, 9.17) is 0 Å². The zero-order chi connectivity index (χ0) is 29.0. The summed E-state index contributed by atoms with van der Waals surface area (Å²) < 4.78 is 0. The fraction of sp³-hybridized carbons (Fsp3) is 0.355. The molecule has 3 aliphatic carbocycles. The molecule has 40 heavy (non-hydrogen) atoms. The molecule has 9 nitrogen and oxygen atoms in total. The average Bonchev–Trinajstić information content (AvgIpc) is 3.24. The summed E-state index contributed by atoms with van der Waals surface area (Å²) in [6, 6.07) is 0. The summed E-state index contributed by atoms with van der Waals surface area (Å²) in [6.07, 6.45) is 24.6. The molecule has 2 amide bonds. The highest BCUT2D eigenvalue weighted by Gasteiger charge is 2.38. The van der Waals surface area contributed by atoms with Crippen LogP contribution in [0.2, 0.25) is 0 Å². The number of carbonyl (C=O) groups excluding carboxylic acids is 4. The maximum absolute atomic E-state index is 12.3. The van der Waals surface area contributed by atoms with E-state index in [9.17, 15) is 34.5 Å². The minimum absolute atomic E-state index is 0.0924. The van der Waals surface area contributed by atoms with E-state index in [0.717, 1.165) is 12.2 Å². The van der Waals surface area contributed by atoms with Crippen LogP contribution in [0.15, 0.2) is 96.1 Å². The molecule has 0 aliphatic heterocycles. The van der Waals surface area contributed by atoms with E-state index < -0.39 is 29.3 Å². The quantitative estimate of drug-likeness (QED) is 0.159. The fourth-order valence-electron chi connectivity index (χ4n) is 4.55. The summed E-state index contributed by atoms with van der Waals surface area (Å²) >= 11 is 0. The summed E-state index contributed by atoms with van der Waals surface area (Å²) in [5.74, 6) is -1.50. The van der Waals surface area contributed by atoms with Gasteiger partial charge < -0.3 is 26.0 Å². The molecule has 0 spiro atoms. The first-order valence-corrected chi connectivity index (χ1v) is 13.5. The van der Waals surface area contributed by atoms with Gasteiger partial charge in [-0.2, -0.15) is 0 Å². The van der Waals surface area contributed by atoms with E-state index in [0.29, 0.717) is 5.92 Å². The van der Waals surface area contributed by atoms with Crippen molar-refractivity contribution in [2.75, 3.05) is 0 Å². The summed E-state index contributed by atoms with van der Waals surface area (Å²) in [5.41, 5.74) is -2.11. The topological polar surface area (TPSA) is 153 Å². The van der Waals surface area contributed by atoms with Crippen LogP contribution in [0, 0.1) is 5.92 Å². The first-order valence-electron chi connectivity index (χ1n) is 13.5. The number of ketones is 2. The minimum Gasteiger partial charge on any atom is -0.510 e. The fourth-order valence-corrected chi connectivity index (χ4v) is 4.55. The number of carbonyl (C=O) groups is 4. The molecule has 0 aromatic carbocycles. The minimum atomic E-state index is -1.90. The normalized spacial score (nSPS) is 25.1. The molecule has 0 bridgehead atoms. The molecular formula is C31H36N2O7.